The number of fused-ring (bicyclic) bond motifs is 2. The number of nitrogens with zero attached hydrogens (tertiary/aromatic N) is 4. The fourth-order valence-corrected chi connectivity index (χ4v) is 3.92. The van der Waals surface area contributed by atoms with Gasteiger partial charge < -0.3 is 11.1 Å². The predicted molar refractivity (Wildman–Crippen MR) is 131 cm³/mol. The van der Waals surface area contributed by atoms with Crippen molar-refractivity contribution in [1.82, 2.24) is 20.3 Å². The molecule has 0 radical (unpaired) electrons. The number of anilines is 1. The molecule has 7 nitrogen and oxygen atoms in total. The number of carbonyl (C=O) groups excluding carboxylic acids is 1. The monoisotopic (exact) mass is 444 g/mol. The third-order valence-electron chi connectivity index (χ3n) is 5.64. The van der Waals surface area contributed by atoms with Gasteiger partial charge in [-0.1, -0.05) is 18.2 Å². The molecular formula is C27H20N6O. The van der Waals surface area contributed by atoms with E-state index in [0.717, 1.165) is 38.5 Å². The van der Waals surface area contributed by atoms with Gasteiger partial charge in [0.2, 0.25) is 0 Å². The normalized spacial score (nSPS) is 10.8. The molecule has 3 N–H and O–H groups in total. The van der Waals surface area contributed by atoms with Crippen LogP contribution in [-0.4, -0.2) is 20.9 Å². The molecule has 0 atom stereocenters. The number of nitrogen functional groups attached to an aromatic ring is 1. The first-order chi connectivity index (χ1) is 16.6. The topological polar surface area (TPSA) is 118 Å². The van der Waals surface area contributed by atoms with Gasteiger partial charge >= 0.3 is 0 Å². The largest absolute Gasteiger partial charge is 0.383 e. The van der Waals surface area contributed by atoms with Crippen LogP contribution in [0.25, 0.3) is 21.7 Å². The highest BCUT2D eigenvalue weighted by Gasteiger charge is 2.09. The van der Waals surface area contributed by atoms with Gasteiger partial charge in [0, 0.05) is 47.4 Å². The molecule has 0 aliphatic rings. The fourth-order valence-electron chi connectivity index (χ4n) is 3.92. The molecule has 0 saturated carbocycles. The molecule has 5 aromatic rings. The molecule has 0 fully saturated rings. The molecule has 2 aromatic carbocycles. The lowest BCUT2D eigenvalue weighted by Gasteiger charge is -2.09. The lowest BCUT2D eigenvalue weighted by molar-refractivity contribution is 0.0950. The molecule has 0 spiro atoms. The number of benzene rings is 2. The second-order valence-electron chi connectivity index (χ2n) is 7.98. The molecule has 34 heavy (non-hydrogen) atoms. The Labute approximate surface area is 195 Å². The Morgan fingerprint density at radius 3 is 2.62 bits per heavy atom. The molecule has 164 valence electrons. The molecule has 3 heterocycles. The summed E-state index contributed by atoms with van der Waals surface area (Å²) in [5.74, 6) is 0.330. The van der Waals surface area contributed by atoms with Gasteiger partial charge in [-0.2, -0.15) is 5.26 Å². The zero-order chi connectivity index (χ0) is 23.5. The van der Waals surface area contributed by atoms with Crippen molar-refractivity contribution in [2.24, 2.45) is 0 Å². The van der Waals surface area contributed by atoms with E-state index in [9.17, 15) is 4.79 Å². The van der Waals surface area contributed by atoms with Gasteiger partial charge in [0.25, 0.3) is 5.91 Å². The highest BCUT2D eigenvalue weighted by atomic mass is 16.1. The maximum Gasteiger partial charge on any atom is 0.251 e. The van der Waals surface area contributed by atoms with Crippen molar-refractivity contribution in [3.05, 3.63) is 107 Å². The summed E-state index contributed by atoms with van der Waals surface area (Å²) in [6, 6.07) is 22.8. The lowest BCUT2D eigenvalue weighted by Crippen LogP contribution is -2.23. The minimum Gasteiger partial charge on any atom is -0.383 e. The zero-order valence-electron chi connectivity index (χ0n) is 18.2. The zero-order valence-corrected chi connectivity index (χ0v) is 18.2. The number of hydrogen-bond donors (Lipinski definition) is 2. The van der Waals surface area contributed by atoms with Crippen LogP contribution >= 0.6 is 0 Å². The van der Waals surface area contributed by atoms with E-state index in [0.29, 0.717) is 30.0 Å². The summed E-state index contributed by atoms with van der Waals surface area (Å²) in [4.78, 5) is 25.6. The standard InChI is InChI=1S/C27H20N6O/c28-15-22-4-3-20-11-17(2-6-25(20)33-22)13-23-14-21(8-9-30-23)27(34)32-16-18-1-5-24-19(12-18)7-10-31-26(24)29/h1-12,14H,13,16H2,(H2,29,31)(H,32,34). The Morgan fingerprint density at radius 2 is 1.74 bits per heavy atom. The van der Waals surface area contributed by atoms with Gasteiger partial charge in [-0.05, 0) is 65.0 Å². The second-order valence-corrected chi connectivity index (χ2v) is 7.98. The lowest BCUT2D eigenvalue weighted by atomic mass is 10.0. The second kappa shape index (κ2) is 8.96. The van der Waals surface area contributed by atoms with Crippen LogP contribution in [0.4, 0.5) is 5.82 Å². The summed E-state index contributed by atoms with van der Waals surface area (Å²) in [6.45, 7) is 0.400. The Kier molecular flexibility index (Phi) is 5.55. The Morgan fingerprint density at radius 1 is 0.912 bits per heavy atom. The van der Waals surface area contributed by atoms with Crippen molar-refractivity contribution in [2.75, 3.05) is 5.73 Å². The first-order valence-electron chi connectivity index (χ1n) is 10.7. The third-order valence-corrected chi connectivity index (χ3v) is 5.64. The van der Waals surface area contributed by atoms with Gasteiger partial charge in [0.1, 0.15) is 17.6 Å². The molecular weight excluding hydrogens is 424 g/mol. The smallest absolute Gasteiger partial charge is 0.251 e. The van der Waals surface area contributed by atoms with Crippen LogP contribution in [0.15, 0.2) is 79.1 Å². The summed E-state index contributed by atoms with van der Waals surface area (Å²) < 4.78 is 0. The molecule has 0 aliphatic carbocycles. The number of pyridine rings is 3. The van der Waals surface area contributed by atoms with Gasteiger partial charge in [-0.3, -0.25) is 9.78 Å². The Hall–Kier alpha value is -4.83. The average molecular weight is 444 g/mol. The van der Waals surface area contributed by atoms with Crippen molar-refractivity contribution in [1.29, 1.82) is 5.26 Å². The predicted octanol–water partition coefficient (Wildman–Crippen LogP) is 4.15. The van der Waals surface area contributed by atoms with Crippen LogP contribution in [0, 0.1) is 11.3 Å². The first kappa shape index (κ1) is 21.0. The molecule has 3 aromatic heterocycles. The molecule has 0 aliphatic heterocycles. The summed E-state index contributed by atoms with van der Waals surface area (Å²) in [7, 11) is 0. The van der Waals surface area contributed by atoms with Gasteiger partial charge in [0.15, 0.2) is 0 Å². The summed E-state index contributed by atoms with van der Waals surface area (Å²) in [5, 5.41) is 14.8. The van der Waals surface area contributed by atoms with Crippen LogP contribution < -0.4 is 11.1 Å². The average Bonchev–Trinajstić information content (AvgIpc) is 2.87. The highest BCUT2D eigenvalue weighted by Crippen LogP contribution is 2.20. The summed E-state index contributed by atoms with van der Waals surface area (Å²) in [5.41, 5.74) is 10.5. The first-order valence-corrected chi connectivity index (χ1v) is 10.7. The van der Waals surface area contributed by atoms with Crippen LogP contribution in [0.2, 0.25) is 0 Å². The Bertz CT molecular complexity index is 1590. The quantitative estimate of drug-likeness (QED) is 0.420. The van der Waals surface area contributed by atoms with Crippen molar-refractivity contribution in [2.45, 2.75) is 13.0 Å². The van der Waals surface area contributed by atoms with E-state index < -0.39 is 0 Å². The van der Waals surface area contributed by atoms with E-state index in [1.165, 1.54) is 0 Å². The summed E-state index contributed by atoms with van der Waals surface area (Å²) in [6.07, 6.45) is 3.91. The molecule has 0 bridgehead atoms. The van der Waals surface area contributed by atoms with Gasteiger partial charge in [-0.15, -0.1) is 0 Å². The molecule has 5 rings (SSSR count). The molecule has 7 heteroatoms. The van der Waals surface area contributed by atoms with Crippen LogP contribution in [0.1, 0.15) is 32.9 Å². The summed E-state index contributed by atoms with van der Waals surface area (Å²) >= 11 is 0. The van der Waals surface area contributed by atoms with Crippen molar-refractivity contribution >= 4 is 33.4 Å². The highest BCUT2D eigenvalue weighted by molar-refractivity contribution is 5.94. The molecule has 1 amide bonds. The van der Waals surface area contributed by atoms with E-state index in [1.54, 1.807) is 24.5 Å². The SMILES string of the molecule is N#Cc1ccc2cc(Cc3cc(C(=O)NCc4ccc5c(N)nccc5c4)ccn3)ccc2n1. The van der Waals surface area contributed by atoms with Crippen molar-refractivity contribution < 1.29 is 4.79 Å². The molecule has 0 unspecified atom stereocenters. The number of nitrogens with one attached hydrogen (secondary N) is 1. The van der Waals surface area contributed by atoms with Crippen molar-refractivity contribution in [3.8, 4) is 6.07 Å². The minimum atomic E-state index is -0.162. The van der Waals surface area contributed by atoms with E-state index >= 15 is 0 Å². The van der Waals surface area contributed by atoms with Crippen LogP contribution in [-0.2, 0) is 13.0 Å². The van der Waals surface area contributed by atoms with Gasteiger partial charge in [0.05, 0.1) is 5.52 Å². The fraction of sp³-hybridized carbons (Fsp3) is 0.0741. The number of nitriles is 1. The van der Waals surface area contributed by atoms with E-state index in [1.807, 2.05) is 54.6 Å². The number of nitrogens with two attached hydrogens (primary N) is 1. The van der Waals surface area contributed by atoms with Crippen molar-refractivity contribution in [3.63, 3.8) is 0 Å². The number of hydrogen-bond acceptors (Lipinski definition) is 6. The van der Waals surface area contributed by atoms with E-state index in [4.69, 9.17) is 11.0 Å². The Balaban J connectivity index is 1.28. The molecule has 0 saturated heterocycles. The van der Waals surface area contributed by atoms with E-state index in [2.05, 4.69) is 26.3 Å². The number of amides is 1. The third kappa shape index (κ3) is 4.38. The number of rotatable bonds is 5. The van der Waals surface area contributed by atoms with Gasteiger partial charge in [-0.25, -0.2) is 9.97 Å². The van der Waals surface area contributed by atoms with E-state index in [-0.39, 0.29) is 5.91 Å². The van der Waals surface area contributed by atoms with Crippen LogP contribution in [0.5, 0.6) is 0 Å². The number of aromatic nitrogens is 3. The van der Waals surface area contributed by atoms with Crippen LogP contribution in [0.3, 0.4) is 0 Å². The maximum atomic E-state index is 12.8. The number of carbonyl (C=O) groups is 1. The minimum absolute atomic E-state index is 0.162. The maximum absolute atomic E-state index is 12.8.